The van der Waals surface area contributed by atoms with E-state index in [0.717, 1.165) is 10.7 Å². The number of amides is 2. The van der Waals surface area contributed by atoms with Crippen LogP contribution in [0.15, 0.2) is 5.38 Å². The minimum atomic E-state index is -0.961. The van der Waals surface area contributed by atoms with E-state index in [1.54, 1.807) is 7.05 Å². The molecule has 8 heteroatoms. The highest BCUT2D eigenvalue weighted by molar-refractivity contribution is 7.09. The largest absolute Gasteiger partial charge is 0.481 e. The van der Waals surface area contributed by atoms with Gasteiger partial charge >= 0.3 is 12.0 Å². The molecule has 1 atom stereocenters. The molecule has 0 bridgehead atoms. The quantitative estimate of drug-likeness (QED) is 0.786. The Morgan fingerprint density at radius 2 is 2.30 bits per heavy atom. The van der Waals surface area contributed by atoms with Crippen molar-refractivity contribution in [2.45, 2.75) is 26.0 Å². The van der Waals surface area contributed by atoms with E-state index in [0.29, 0.717) is 6.54 Å². The number of rotatable bonds is 7. The van der Waals surface area contributed by atoms with Gasteiger partial charge < -0.3 is 20.1 Å². The van der Waals surface area contributed by atoms with E-state index >= 15 is 0 Å². The summed E-state index contributed by atoms with van der Waals surface area (Å²) in [6.45, 7) is 2.47. The fraction of sp³-hybridized carbons (Fsp3) is 0.583. The third-order valence-corrected chi connectivity index (χ3v) is 3.45. The molecule has 20 heavy (non-hydrogen) atoms. The number of aryl methyl sites for hydroxylation is 1. The predicted molar refractivity (Wildman–Crippen MR) is 74.8 cm³/mol. The summed E-state index contributed by atoms with van der Waals surface area (Å²) in [5, 5.41) is 14.2. The molecule has 112 valence electrons. The molecule has 1 unspecified atom stereocenters. The second kappa shape index (κ2) is 7.81. The fourth-order valence-electron chi connectivity index (χ4n) is 1.57. The zero-order valence-corrected chi connectivity index (χ0v) is 12.6. The van der Waals surface area contributed by atoms with Crippen LogP contribution >= 0.6 is 11.3 Å². The van der Waals surface area contributed by atoms with Gasteiger partial charge in [-0.15, -0.1) is 11.3 Å². The lowest BCUT2D eigenvalue weighted by molar-refractivity contribution is -0.139. The van der Waals surface area contributed by atoms with Crippen molar-refractivity contribution in [3.05, 3.63) is 16.1 Å². The van der Waals surface area contributed by atoms with E-state index in [1.165, 1.54) is 23.3 Å². The Hall–Kier alpha value is -1.67. The summed E-state index contributed by atoms with van der Waals surface area (Å²) in [6, 6.07) is -0.289. The van der Waals surface area contributed by atoms with Gasteiger partial charge in [0.05, 0.1) is 29.8 Å². The molecule has 2 amide bonds. The van der Waals surface area contributed by atoms with Crippen molar-refractivity contribution in [1.29, 1.82) is 0 Å². The van der Waals surface area contributed by atoms with Crippen LogP contribution in [0.25, 0.3) is 0 Å². The zero-order valence-electron chi connectivity index (χ0n) is 11.8. The topological polar surface area (TPSA) is 91.8 Å². The van der Waals surface area contributed by atoms with Crippen LogP contribution in [0.3, 0.4) is 0 Å². The molecule has 1 rings (SSSR count). The molecule has 0 saturated heterocycles. The van der Waals surface area contributed by atoms with Crippen molar-refractivity contribution in [1.82, 2.24) is 15.2 Å². The van der Waals surface area contributed by atoms with Crippen molar-refractivity contribution in [2.75, 3.05) is 20.7 Å². The van der Waals surface area contributed by atoms with Gasteiger partial charge in [-0.25, -0.2) is 9.78 Å². The predicted octanol–water partition coefficient (Wildman–Crippen LogP) is 1.08. The molecule has 0 fully saturated rings. The number of methoxy groups -OCH3 is 1. The molecule has 0 aromatic carbocycles. The lowest BCUT2D eigenvalue weighted by Gasteiger charge is -2.19. The molecule has 0 saturated carbocycles. The first-order valence-electron chi connectivity index (χ1n) is 6.07. The summed E-state index contributed by atoms with van der Waals surface area (Å²) < 4.78 is 4.99. The van der Waals surface area contributed by atoms with E-state index in [9.17, 15) is 9.59 Å². The number of carbonyl (C=O) groups excluding carboxylic acids is 1. The summed E-state index contributed by atoms with van der Waals surface area (Å²) in [5.41, 5.74) is 0.832. The third-order valence-electron chi connectivity index (χ3n) is 2.63. The first kappa shape index (κ1) is 16.4. The van der Waals surface area contributed by atoms with Crippen molar-refractivity contribution in [3.8, 4) is 0 Å². The Bertz CT molecular complexity index is 463. The second-order valence-corrected chi connectivity index (χ2v) is 5.42. The zero-order chi connectivity index (χ0) is 15.1. The normalized spacial score (nSPS) is 11.9. The maximum Gasteiger partial charge on any atom is 0.317 e. The molecule has 1 aromatic heterocycles. The molecule has 0 aliphatic heterocycles. The highest BCUT2D eigenvalue weighted by atomic mass is 32.1. The summed E-state index contributed by atoms with van der Waals surface area (Å²) in [5.74, 6) is -0.961. The van der Waals surface area contributed by atoms with Gasteiger partial charge in [-0.3, -0.25) is 4.79 Å². The first-order valence-corrected chi connectivity index (χ1v) is 6.95. The molecule has 0 radical (unpaired) electrons. The van der Waals surface area contributed by atoms with E-state index in [2.05, 4.69) is 10.3 Å². The summed E-state index contributed by atoms with van der Waals surface area (Å²) in [4.78, 5) is 28.2. The number of carbonyl (C=O) groups is 2. The molecule has 1 heterocycles. The third kappa shape index (κ3) is 5.54. The number of aliphatic carboxylic acids is 1. The van der Waals surface area contributed by atoms with Crippen molar-refractivity contribution >= 4 is 23.3 Å². The van der Waals surface area contributed by atoms with Gasteiger partial charge in [0.25, 0.3) is 0 Å². The average molecular weight is 301 g/mol. The number of nitrogens with zero attached hydrogens (tertiary/aromatic N) is 2. The lowest BCUT2D eigenvalue weighted by Crippen LogP contribution is -2.41. The monoisotopic (exact) mass is 301 g/mol. The fourth-order valence-corrected chi connectivity index (χ4v) is 2.17. The van der Waals surface area contributed by atoms with E-state index < -0.39 is 12.1 Å². The minimum Gasteiger partial charge on any atom is -0.481 e. The van der Waals surface area contributed by atoms with Crippen LogP contribution in [-0.4, -0.2) is 53.8 Å². The second-order valence-electron chi connectivity index (χ2n) is 4.36. The number of hydrogen-bond donors (Lipinski definition) is 2. The number of thiazole rings is 1. The number of carboxylic acid groups (broad SMARTS) is 1. The summed E-state index contributed by atoms with van der Waals surface area (Å²) in [7, 11) is 3.07. The molecule has 7 nitrogen and oxygen atoms in total. The van der Waals surface area contributed by atoms with Gasteiger partial charge in [-0.1, -0.05) is 0 Å². The Balaban J connectivity index is 2.39. The van der Waals surface area contributed by atoms with Crippen molar-refractivity contribution in [3.63, 3.8) is 0 Å². The van der Waals surface area contributed by atoms with Crippen LogP contribution in [-0.2, 0) is 16.1 Å². The molecule has 0 spiro atoms. The Morgan fingerprint density at radius 3 is 2.80 bits per heavy atom. The first-order chi connectivity index (χ1) is 9.42. The van der Waals surface area contributed by atoms with Gasteiger partial charge in [0.15, 0.2) is 0 Å². The molecule has 0 aliphatic rings. The van der Waals surface area contributed by atoms with Crippen LogP contribution in [0.4, 0.5) is 4.79 Å². The molecular formula is C12H19N3O4S. The van der Waals surface area contributed by atoms with E-state index in [-0.39, 0.29) is 19.0 Å². The van der Waals surface area contributed by atoms with Crippen molar-refractivity contribution < 1.29 is 19.4 Å². The van der Waals surface area contributed by atoms with E-state index in [4.69, 9.17) is 9.84 Å². The van der Waals surface area contributed by atoms with Gasteiger partial charge in [0.2, 0.25) is 0 Å². The maximum absolute atomic E-state index is 11.8. The Morgan fingerprint density at radius 1 is 1.60 bits per heavy atom. The number of ether oxygens (including phenoxy) is 1. The smallest absolute Gasteiger partial charge is 0.317 e. The molecular weight excluding hydrogens is 282 g/mol. The van der Waals surface area contributed by atoms with Gasteiger partial charge in [-0.05, 0) is 6.92 Å². The molecule has 0 aliphatic carbocycles. The summed E-state index contributed by atoms with van der Waals surface area (Å²) >= 11 is 1.53. The number of hydrogen-bond acceptors (Lipinski definition) is 5. The Labute approximate surface area is 121 Å². The van der Waals surface area contributed by atoms with Gasteiger partial charge in [-0.2, -0.15) is 0 Å². The van der Waals surface area contributed by atoms with E-state index in [1.807, 2.05) is 12.3 Å². The standard InChI is InChI=1S/C12H19N3O4S/c1-8-14-9(7-20-8)6-15(2)12(18)13-5-10(19-3)4-11(16)17/h7,10H,4-6H2,1-3H3,(H,13,18)(H,16,17). The SMILES string of the molecule is COC(CNC(=O)N(C)Cc1csc(C)n1)CC(=O)O. The Kier molecular flexibility index (Phi) is 6.40. The van der Waals surface area contributed by atoms with Gasteiger partial charge in [0, 0.05) is 26.1 Å². The molecule has 2 N–H and O–H groups in total. The van der Waals surface area contributed by atoms with Crippen LogP contribution in [0, 0.1) is 6.92 Å². The van der Waals surface area contributed by atoms with Crippen LogP contribution in [0.2, 0.25) is 0 Å². The number of urea groups is 1. The number of nitrogens with one attached hydrogen (secondary N) is 1. The maximum atomic E-state index is 11.8. The lowest BCUT2D eigenvalue weighted by atomic mass is 10.2. The number of aromatic nitrogens is 1. The van der Waals surface area contributed by atoms with Crippen LogP contribution in [0.5, 0.6) is 0 Å². The van der Waals surface area contributed by atoms with Crippen LogP contribution < -0.4 is 5.32 Å². The minimum absolute atomic E-state index is 0.147. The molecule has 1 aromatic rings. The number of carboxylic acids is 1. The highest BCUT2D eigenvalue weighted by Crippen LogP contribution is 2.09. The highest BCUT2D eigenvalue weighted by Gasteiger charge is 2.15. The van der Waals surface area contributed by atoms with Crippen LogP contribution in [0.1, 0.15) is 17.1 Å². The van der Waals surface area contributed by atoms with Crippen molar-refractivity contribution in [2.24, 2.45) is 0 Å². The average Bonchev–Trinajstić information content (AvgIpc) is 2.78. The summed E-state index contributed by atoms with van der Waals surface area (Å²) in [6.07, 6.45) is -0.683. The van der Waals surface area contributed by atoms with Gasteiger partial charge in [0.1, 0.15) is 0 Å².